The molecule has 1 aliphatic rings. The molecule has 1 aliphatic heterocycles. The Bertz CT molecular complexity index is 834. The highest BCUT2D eigenvalue weighted by Gasteiger charge is 2.24. The van der Waals surface area contributed by atoms with Gasteiger partial charge in [0.2, 0.25) is 5.91 Å². The van der Waals surface area contributed by atoms with Gasteiger partial charge in [0.1, 0.15) is 0 Å². The number of benzene rings is 2. The fourth-order valence-electron chi connectivity index (χ4n) is 3.94. The van der Waals surface area contributed by atoms with Gasteiger partial charge in [-0.2, -0.15) is 0 Å². The molecule has 1 N–H and O–H groups in total. The first-order valence-electron chi connectivity index (χ1n) is 10.2. The third-order valence-electron chi connectivity index (χ3n) is 5.71. The van der Waals surface area contributed by atoms with E-state index in [4.69, 9.17) is 9.47 Å². The molecule has 0 unspecified atom stereocenters. The second-order valence-electron chi connectivity index (χ2n) is 8.28. The smallest absolute Gasteiger partial charge is 0.220 e. The third-order valence-corrected chi connectivity index (χ3v) is 5.71. The number of carbonyl (C=O) groups excluding carboxylic acids is 1. The minimum atomic E-state index is -0.176. The zero-order valence-electron chi connectivity index (χ0n) is 18.0. The van der Waals surface area contributed by atoms with Crippen LogP contribution in [0.25, 0.3) is 0 Å². The predicted molar refractivity (Wildman–Crippen MR) is 116 cm³/mol. The summed E-state index contributed by atoms with van der Waals surface area (Å²) in [5.74, 6) is 1.65. The van der Waals surface area contributed by atoms with Gasteiger partial charge < -0.3 is 14.8 Å². The van der Waals surface area contributed by atoms with Crippen LogP contribution < -0.4 is 14.8 Å². The molecule has 0 radical (unpaired) electrons. The summed E-state index contributed by atoms with van der Waals surface area (Å²) in [7, 11) is 3.33. The molecule has 0 aliphatic carbocycles. The number of hydrogen-bond acceptors (Lipinski definition) is 4. The van der Waals surface area contributed by atoms with E-state index in [9.17, 15) is 4.79 Å². The zero-order valence-corrected chi connectivity index (χ0v) is 18.0. The maximum Gasteiger partial charge on any atom is 0.220 e. The third kappa shape index (κ3) is 5.30. The van der Waals surface area contributed by atoms with Gasteiger partial charge in [-0.1, -0.05) is 44.2 Å². The van der Waals surface area contributed by atoms with Crippen molar-refractivity contribution in [1.29, 1.82) is 0 Å². The van der Waals surface area contributed by atoms with Crippen molar-refractivity contribution < 1.29 is 14.3 Å². The van der Waals surface area contributed by atoms with Crippen LogP contribution in [-0.2, 0) is 23.2 Å². The summed E-state index contributed by atoms with van der Waals surface area (Å²) in [5.41, 5.74) is 3.59. The van der Waals surface area contributed by atoms with Crippen molar-refractivity contribution in [2.24, 2.45) is 0 Å². The summed E-state index contributed by atoms with van der Waals surface area (Å²) in [6.07, 6.45) is 1.46. The van der Waals surface area contributed by atoms with E-state index in [1.165, 1.54) is 16.7 Å². The van der Waals surface area contributed by atoms with Crippen molar-refractivity contribution in [2.75, 3.05) is 33.9 Å². The quantitative estimate of drug-likeness (QED) is 0.741. The van der Waals surface area contributed by atoms with Gasteiger partial charge in [-0.25, -0.2) is 0 Å². The van der Waals surface area contributed by atoms with Crippen LogP contribution in [0.3, 0.4) is 0 Å². The van der Waals surface area contributed by atoms with Crippen molar-refractivity contribution in [1.82, 2.24) is 10.2 Å². The van der Waals surface area contributed by atoms with E-state index in [0.29, 0.717) is 13.0 Å². The van der Waals surface area contributed by atoms with E-state index >= 15 is 0 Å². The number of methoxy groups -OCH3 is 2. The van der Waals surface area contributed by atoms with Crippen LogP contribution in [0, 0.1) is 0 Å². The highest BCUT2D eigenvalue weighted by Crippen LogP contribution is 2.33. The normalized spacial score (nSPS) is 14.2. The van der Waals surface area contributed by atoms with Gasteiger partial charge in [0.15, 0.2) is 11.5 Å². The van der Waals surface area contributed by atoms with Gasteiger partial charge in [-0.15, -0.1) is 0 Å². The minimum absolute atomic E-state index is 0.0997. The number of carbonyl (C=O) groups is 1. The molecule has 2 aromatic rings. The molecule has 0 spiro atoms. The standard InChI is InChI=1S/C24H32N2O3/c1-24(2,20-8-6-5-7-9-20)16-23(27)25-11-13-26-12-10-18-14-21(28-3)22(29-4)15-19(18)17-26/h5-9,14-15H,10-13,16-17H2,1-4H3,(H,25,27). The van der Waals surface area contributed by atoms with Crippen molar-refractivity contribution >= 4 is 5.91 Å². The molecular weight excluding hydrogens is 364 g/mol. The Balaban J connectivity index is 1.50. The van der Waals surface area contributed by atoms with Gasteiger partial charge in [-0.3, -0.25) is 9.69 Å². The molecule has 2 aromatic carbocycles. The molecule has 0 atom stereocenters. The lowest BCUT2D eigenvalue weighted by molar-refractivity contribution is -0.122. The van der Waals surface area contributed by atoms with Crippen LogP contribution in [0.5, 0.6) is 11.5 Å². The van der Waals surface area contributed by atoms with Crippen LogP contribution in [-0.4, -0.2) is 44.7 Å². The Hall–Kier alpha value is -2.53. The van der Waals surface area contributed by atoms with Crippen LogP contribution in [0.4, 0.5) is 0 Å². The molecule has 1 heterocycles. The Morgan fingerprint density at radius 1 is 1.07 bits per heavy atom. The van der Waals surface area contributed by atoms with E-state index in [-0.39, 0.29) is 11.3 Å². The number of fused-ring (bicyclic) bond motifs is 1. The van der Waals surface area contributed by atoms with Gasteiger partial charge in [0, 0.05) is 32.6 Å². The Morgan fingerprint density at radius 3 is 2.38 bits per heavy atom. The zero-order chi connectivity index (χ0) is 20.9. The number of ether oxygens (including phenoxy) is 2. The van der Waals surface area contributed by atoms with Gasteiger partial charge in [0.05, 0.1) is 14.2 Å². The maximum atomic E-state index is 12.5. The molecule has 0 fully saturated rings. The average Bonchev–Trinajstić information content (AvgIpc) is 2.73. The molecule has 0 saturated heterocycles. The van der Waals surface area contributed by atoms with Gasteiger partial charge >= 0.3 is 0 Å². The molecule has 3 rings (SSSR count). The molecule has 0 saturated carbocycles. The van der Waals surface area contributed by atoms with Crippen LogP contribution >= 0.6 is 0 Å². The summed E-state index contributed by atoms with van der Waals surface area (Å²) < 4.78 is 10.8. The summed E-state index contributed by atoms with van der Waals surface area (Å²) >= 11 is 0. The maximum absolute atomic E-state index is 12.5. The largest absolute Gasteiger partial charge is 0.493 e. The summed E-state index contributed by atoms with van der Waals surface area (Å²) in [6, 6.07) is 14.4. The summed E-state index contributed by atoms with van der Waals surface area (Å²) in [4.78, 5) is 14.8. The number of hydrogen-bond donors (Lipinski definition) is 1. The second-order valence-corrected chi connectivity index (χ2v) is 8.28. The van der Waals surface area contributed by atoms with Crippen LogP contribution in [0.15, 0.2) is 42.5 Å². The van der Waals surface area contributed by atoms with Crippen molar-refractivity contribution in [3.8, 4) is 11.5 Å². The lowest BCUT2D eigenvalue weighted by Crippen LogP contribution is -2.39. The van der Waals surface area contributed by atoms with Crippen LogP contribution in [0.1, 0.15) is 37.0 Å². The highest BCUT2D eigenvalue weighted by atomic mass is 16.5. The highest BCUT2D eigenvalue weighted by molar-refractivity contribution is 5.77. The Kier molecular flexibility index (Phi) is 6.80. The second kappa shape index (κ2) is 9.31. The van der Waals surface area contributed by atoms with E-state index in [0.717, 1.165) is 37.6 Å². The Labute approximate surface area is 174 Å². The topological polar surface area (TPSA) is 50.8 Å². The molecule has 29 heavy (non-hydrogen) atoms. The first-order valence-corrected chi connectivity index (χ1v) is 10.2. The minimum Gasteiger partial charge on any atom is -0.493 e. The molecular formula is C24H32N2O3. The van der Waals surface area contributed by atoms with E-state index in [1.54, 1.807) is 14.2 Å². The first kappa shape index (κ1) is 21.2. The van der Waals surface area contributed by atoms with Crippen LogP contribution in [0.2, 0.25) is 0 Å². The number of nitrogens with zero attached hydrogens (tertiary/aromatic N) is 1. The predicted octanol–water partition coefficient (Wildman–Crippen LogP) is 3.55. The van der Waals surface area contributed by atoms with E-state index < -0.39 is 0 Å². The van der Waals surface area contributed by atoms with E-state index in [2.05, 4.69) is 48.3 Å². The molecule has 0 aromatic heterocycles. The molecule has 5 nitrogen and oxygen atoms in total. The lowest BCUT2D eigenvalue weighted by Gasteiger charge is -2.30. The SMILES string of the molecule is COc1cc2c(cc1OC)CN(CCNC(=O)CC(C)(C)c1ccccc1)CC2. The first-order chi connectivity index (χ1) is 13.9. The fraction of sp³-hybridized carbons (Fsp3) is 0.458. The van der Waals surface area contributed by atoms with Gasteiger partial charge in [-0.05, 0) is 40.7 Å². The van der Waals surface area contributed by atoms with Crippen molar-refractivity contribution in [3.63, 3.8) is 0 Å². The summed E-state index contributed by atoms with van der Waals surface area (Å²) in [5, 5.41) is 3.10. The number of rotatable bonds is 8. The molecule has 0 bridgehead atoms. The summed E-state index contributed by atoms with van der Waals surface area (Å²) in [6.45, 7) is 7.57. The fourth-order valence-corrected chi connectivity index (χ4v) is 3.94. The van der Waals surface area contributed by atoms with Crippen molar-refractivity contribution in [2.45, 2.75) is 38.6 Å². The molecule has 1 amide bonds. The Morgan fingerprint density at radius 2 is 1.72 bits per heavy atom. The van der Waals surface area contributed by atoms with Gasteiger partial charge in [0.25, 0.3) is 0 Å². The monoisotopic (exact) mass is 396 g/mol. The average molecular weight is 397 g/mol. The number of nitrogens with one attached hydrogen (secondary N) is 1. The molecule has 156 valence electrons. The molecule has 5 heteroatoms. The van der Waals surface area contributed by atoms with Crippen molar-refractivity contribution in [3.05, 3.63) is 59.2 Å². The number of amides is 1. The van der Waals surface area contributed by atoms with E-state index in [1.807, 2.05) is 18.2 Å². The lowest BCUT2D eigenvalue weighted by atomic mass is 9.81.